The summed E-state index contributed by atoms with van der Waals surface area (Å²) < 4.78 is 12.6. The van der Waals surface area contributed by atoms with Crippen LogP contribution in [0.15, 0.2) is 12.1 Å². The number of hydrogen-bond donors (Lipinski definition) is 3. The molecule has 0 aliphatic heterocycles. The minimum Gasteiger partial charge on any atom is -0.389 e. The van der Waals surface area contributed by atoms with Gasteiger partial charge in [-0.25, -0.2) is 4.98 Å². The van der Waals surface area contributed by atoms with E-state index in [1.807, 2.05) is 0 Å². The molecule has 0 aliphatic carbocycles. The second-order valence-electron chi connectivity index (χ2n) is 3.00. The average Bonchev–Trinajstić information content (AvgIpc) is 2.15. The summed E-state index contributed by atoms with van der Waals surface area (Å²) in [4.78, 5) is 3.55. The van der Waals surface area contributed by atoms with Crippen molar-refractivity contribution in [2.24, 2.45) is 0 Å². The van der Waals surface area contributed by atoms with Gasteiger partial charge in [0.15, 0.2) is 0 Å². The number of nitrogens with zero attached hydrogens (tertiary/aromatic N) is 1. The van der Waals surface area contributed by atoms with Crippen LogP contribution >= 0.6 is 12.6 Å². The van der Waals surface area contributed by atoms with Gasteiger partial charge in [-0.05, 0) is 19.1 Å². The van der Waals surface area contributed by atoms with Crippen molar-refractivity contribution in [1.29, 1.82) is 0 Å². The van der Waals surface area contributed by atoms with Crippen molar-refractivity contribution >= 4 is 12.6 Å². The molecule has 2 N–H and O–H groups in total. The molecule has 1 aromatic rings. The molecular formula is C9H12FNO2S. The van der Waals surface area contributed by atoms with Crippen LogP contribution in [0, 0.1) is 12.9 Å². The van der Waals surface area contributed by atoms with Crippen LogP contribution in [0.5, 0.6) is 0 Å². The van der Waals surface area contributed by atoms with E-state index in [0.29, 0.717) is 11.3 Å². The predicted octanol–water partition coefficient (Wildman–Crippen LogP) is 0.853. The molecule has 1 heterocycles. The minimum atomic E-state index is -1.07. The highest BCUT2D eigenvalue weighted by atomic mass is 32.1. The lowest BCUT2D eigenvalue weighted by Gasteiger charge is -2.17. The van der Waals surface area contributed by atoms with E-state index in [9.17, 15) is 14.6 Å². The van der Waals surface area contributed by atoms with Crippen LogP contribution in [-0.4, -0.2) is 27.1 Å². The first kappa shape index (κ1) is 11.4. The van der Waals surface area contributed by atoms with Crippen LogP contribution in [-0.2, 0) is 0 Å². The van der Waals surface area contributed by atoms with E-state index in [1.165, 1.54) is 6.07 Å². The number of thiol groups is 1. The molecule has 2 unspecified atom stereocenters. The van der Waals surface area contributed by atoms with Crippen molar-refractivity contribution in [3.8, 4) is 0 Å². The summed E-state index contributed by atoms with van der Waals surface area (Å²) in [5.74, 6) is -0.461. The fraction of sp³-hybridized carbons (Fsp3) is 0.444. The van der Waals surface area contributed by atoms with Gasteiger partial charge in [-0.1, -0.05) is 0 Å². The first-order valence-electron chi connectivity index (χ1n) is 4.16. The SMILES string of the molecule is Cc1nc(F)ccc1C(O)C(O)CS. The molecule has 0 bridgehead atoms. The highest BCUT2D eigenvalue weighted by Gasteiger charge is 2.19. The van der Waals surface area contributed by atoms with Crippen LogP contribution in [0.1, 0.15) is 17.4 Å². The Hall–Kier alpha value is -0.650. The summed E-state index contributed by atoms with van der Waals surface area (Å²) in [5, 5.41) is 18.9. The number of pyridine rings is 1. The zero-order valence-corrected chi connectivity index (χ0v) is 8.58. The van der Waals surface area contributed by atoms with Gasteiger partial charge in [-0.3, -0.25) is 0 Å². The van der Waals surface area contributed by atoms with E-state index >= 15 is 0 Å². The zero-order valence-electron chi connectivity index (χ0n) is 7.68. The molecule has 0 saturated carbocycles. The van der Waals surface area contributed by atoms with Crippen LogP contribution in [0.2, 0.25) is 0 Å². The zero-order chi connectivity index (χ0) is 10.7. The van der Waals surface area contributed by atoms with E-state index in [0.717, 1.165) is 6.07 Å². The lowest BCUT2D eigenvalue weighted by Crippen LogP contribution is -2.21. The fourth-order valence-corrected chi connectivity index (χ4v) is 1.36. The van der Waals surface area contributed by atoms with Gasteiger partial charge in [0.2, 0.25) is 5.95 Å². The molecule has 0 aliphatic rings. The molecule has 5 heteroatoms. The maximum atomic E-state index is 12.6. The van der Waals surface area contributed by atoms with E-state index in [1.54, 1.807) is 6.92 Å². The topological polar surface area (TPSA) is 53.4 Å². The molecule has 0 aromatic carbocycles. The summed E-state index contributed by atoms with van der Waals surface area (Å²) in [6.07, 6.45) is -2.04. The second-order valence-corrected chi connectivity index (χ2v) is 3.37. The predicted molar refractivity (Wildman–Crippen MR) is 53.8 cm³/mol. The Morgan fingerprint density at radius 2 is 2.14 bits per heavy atom. The molecule has 0 amide bonds. The highest BCUT2D eigenvalue weighted by Crippen LogP contribution is 2.20. The third-order valence-corrected chi connectivity index (χ3v) is 2.34. The molecule has 0 saturated heterocycles. The van der Waals surface area contributed by atoms with Crippen molar-refractivity contribution in [1.82, 2.24) is 4.98 Å². The van der Waals surface area contributed by atoms with Crippen LogP contribution in [0.4, 0.5) is 4.39 Å². The van der Waals surface area contributed by atoms with Crippen molar-refractivity contribution in [3.63, 3.8) is 0 Å². The van der Waals surface area contributed by atoms with Gasteiger partial charge in [0.1, 0.15) is 6.10 Å². The molecule has 0 radical (unpaired) electrons. The first-order chi connectivity index (χ1) is 6.56. The maximum Gasteiger partial charge on any atom is 0.213 e. The normalized spacial score (nSPS) is 15.2. The van der Waals surface area contributed by atoms with Crippen LogP contribution in [0.3, 0.4) is 0 Å². The third kappa shape index (κ3) is 2.43. The third-order valence-electron chi connectivity index (χ3n) is 1.96. The van der Waals surface area contributed by atoms with Gasteiger partial charge in [-0.2, -0.15) is 17.0 Å². The molecule has 1 rings (SSSR count). The van der Waals surface area contributed by atoms with Crippen LogP contribution < -0.4 is 0 Å². The summed E-state index contributed by atoms with van der Waals surface area (Å²) in [6, 6.07) is 2.56. The molecule has 1 aromatic heterocycles. The monoisotopic (exact) mass is 217 g/mol. The summed E-state index contributed by atoms with van der Waals surface area (Å²) >= 11 is 3.86. The summed E-state index contributed by atoms with van der Waals surface area (Å²) in [6.45, 7) is 1.58. The molecule has 0 fully saturated rings. The van der Waals surface area contributed by atoms with Gasteiger partial charge < -0.3 is 10.2 Å². The fourth-order valence-electron chi connectivity index (χ4n) is 1.16. The molecule has 78 valence electrons. The van der Waals surface area contributed by atoms with Gasteiger partial charge >= 0.3 is 0 Å². The van der Waals surface area contributed by atoms with E-state index < -0.39 is 18.2 Å². The maximum absolute atomic E-state index is 12.6. The van der Waals surface area contributed by atoms with Gasteiger partial charge in [0.05, 0.1) is 6.10 Å². The largest absolute Gasteiger partial charge is 0.389 e. The average molecular weight is 217 g/mol. The molecule has 14 heavy (non-hydrogen) atoms. The Kier molecular flexibility index (Phi) is 3.86. The Balaban J connectivity index is 2.95. The lowest BCUT2D eigenvalue weighted by atomic mass is 10.0. The Morgan fingerprint density at radius 3 is 2.64 bits per heavy atom. The smallest absolute Gasteiger partial charge is 0.213 e. The number of rotatable bonds is 3. The van der Waals surface area contributed by atoms with E-state index in [-0.39, 0.29) is 5.75 Å². The highest BCUT2D eigenvalue weighted by molar-refractivity contribution is 7.80. The summed E-state index contributed by atoms with van der Waals surface area (Å²) in [7, 11) is 0. The number of aliphatic hydroxyl groups excluding tert-OH is 2. The van der Waals surface area contributed by atoms with Gasteiger partial charge in [0, 0.05) is 17.0 Å². The standard InChI is InChI=1S/C9H12FNO2S/c1-5-6(2-3-8(10)11-5)9(13)7(12)4-14/h2-3,7,9,12-14H,4H2,1H3. The molecule has 3 nitrogen and oxygen atoms in total. The van der Waals surface area contributed by atoms with Crippen molar-refractivity contribution in [3.05, 3.63) is 29.3 Å². The van der Waals surface area contributed by atoms with Crippen molar-refractivity contribution in [2.75, 3.05) is 5.75 Å². The van der Waals surface area contributed by atoms with Crippen molar-refractivity contribution in [2.45, 2.75) is 19.1 Å². The second kappa shape index (κ2) is 4.72. The number of halogens is 1. The first-order valence-corrected chi connectivity index (χ1v) is 4.79. The van der Waals surface area contributed by atoms with Crippen molar-refractivity contribution < 1.29 is 14.6 Å². The Labute approximate surface area is 87.0 Å². The minimum absolute atomic E-state index is 0.137. The summed E-state index contributed by atoms with van der Waals surface area (Å²) in [5.41, 5.74) is 0.797. The quantitative estimate of drug-likeness (QED) is 0.520. The van der Waals surface area contributed by atoms with Gasteiger partial charge in [0.25, 0.3) is 0 Å². The van der Waals surface area contributed by atoms with E-state index in [2.05, 4.69) is 17.6 Å². The number of aryl methyl sites for hydroxylation is 1. The number of aliphatic hydroxyl groups is 2. The molecule has 0 spiro atoms. The Morgan fingerprint density at radius 1 is 1.50 bits per heavy atom. The number of aromatic nitrogens is 1. The van der Waals surface area contributed by atoms with E-state index in [4.69, 9.17) is 0 Å². The molecule has 2 atom stereocenters. The lowest BCUT2D eigenvalue weighted by molar-refractivity contribution is 0.0330. The Bertz CT molecular complexity index is 322. The van der Waals surface area contributed by atoms with Gasteiger partial charge in [-0.15, -0.1) is 0 Å². The van der Waals surface area contributed by atoms with Crippen LogP contribution in [0.25, 0.3) is 0 Å². The number of hydrogen-bond acceptors (Lipinski definition) is 4. The molecular weight excluding hydrogens is 205 g/mol.